The lowest BCUT2D eigenvalue weighted by atomic mass is 10.0. The zero-order valence-electron chi connectivity index (χ0n) is 20.1. The van der Waals surface area contributed by atoms with Crippen LogP contribution < -0.4 is 10.5 Å². The fourth-order valence-electron chi connectivity index (χ4n) is 5.15. The lowest BCUT2D eigenvalue weighted by molar-refractivity contribution is 0.0633. The highest BCUT2D eigenvalue weighted by molar-refractivity contribution is 5.99. The average molecular weight is 498 g/mol. The van der Waals surface area contributed by atoms with Gasteiger partial charge in [-0.05, 0) is 36.5 Å². The lowest BCUT2D eigenvalue weighted by Crippen LogP contribution is -2.38. The zero-order chi connectivity index (χ0) is 25.3. The summed E-state index contributed by atoms with van der Waals surface area (Å²) in [5, 5.41) is 4.25. The maximum atomic E-state index is 15.4. The minimum atomic E-state index is -0.629. The van der Waals surface area contributed by atoms with Gasteiger partial charge in [0.15, 0.2) is 0 Å². The van der Waals surface area contributed by atoms with Crippen LogP contribution in [0.25, 0.3) is 27.7 Å². The predicted molar refractivity (Wildman–Crippen MR) is 136 cm³/mol. The van der Waals surface area contributed by atoms with Gasteiger partial charge in [-0.1, -0.05) is 12.1 Å². The minimum absolute atomic E-state index is 0.00449. The quantitative estimate of drug-likeness (QED) is 0.394. The molecule has 4 heterocycles. The largest absolute Gasteiger partial charge is 0.491 e. The number of rotatable bonds is 5. The number of ether oxygens (including phenoxy) is 1. The normalized spacial score (nSPS) is 16.8. The molecule has 37 heavy (non-hydrogen) atoms. The molecule has 7 rings (SSSR count). The first-order chi connectivity index (χ1) is 18.0. The molecule has 2 aromatic carbocycles. The highest BCUT2D eigenvalue weighted by Gasteiger charge is 2.37. The molecule has 10 heteroatoms. The molecule has 1 aliphatic carbocycles. The number of anilines is 1. The van der Waals surface area contributed by atoms with Crippen molar-refractivity contribution in [2.45, 2.75) is 18.9 Å². The number of fused-ring (bicyclic) bond motifs is 4. The molecule has 2 N–H and O–H groups in total. The van der Waals surface area contributed by atoms with Crippen molar-refractivity contribution in [1.82, 2.24) is 29.0 Å². The maximum absolute atomic E-state index is 15.4. The van der Waals surface area contributed by atoms with Crippen molar-refractivity contribution in [2.24, 2.45) is 13.0 Å². The number of imidazole rings is 1. The Balaban J connectivity index is 1.28. The summed E-state index contributed by atoms with van der Waals surface area (Å²) in [6.07, 6.45) is 9.05. The number of carbonyl (C=O) groups is 1. The second kappa shape index (κ2) is 8.02. The first-order valence-electron chi connectivity index (χ1n) is 12.2. The third kappa shape index (κ3) is 3.59. The van der Waals surface area contributed by atoms with Gasteiger partial charge < -0.3 is 15.4 Å². The van der Waals surface area contributed by atoms with Crippen molar-refractivity contribution in [3.05, 3.63) is 72.2 Å². The molecule has 9 nitrogen and oxygen atoms in total. The van der Waals surface area contributed by atoms with Crippen LogP contribution in [0.1, 0.15) is 34.8 Å². The summed E-state index contributed by atoms with van der Waals surface area (Å²) in [5.41, 5.74) is 10.5. The van der Waals surface area contributed by atoms with Gasteiger partial charge in [0.25, 0.3) is 5.91 Å². The van der Waals surface area contributed by atoms with E-state index in [2.05, 4.69) is 15.1 Å². The summed E-state index contributed by atoms with van der Waals surface area (Å²) < 4.78 is 24.9. The van der Waals surface area contributed by atoms with E-state index in [-0.39, 0.29) is 23.3 Å². The standard InChI is InChI=1S/C27H24FN7O2/c1-33-12-17(9-31-33)16-4-5-18-24(13-37-25(18)6-16)34(11-15-2-3-15)27(36)19-7-22-21(8-20(19)28)32-26(29)23-10-30-14-35(22)23/h4-10,12,14-15,24H,2-3,11,13H2,1H3,(H2,29,32). The number of aromatic nitrogens is 5. The van der Waals surface area contributed by atoms with E-state index in [0.29, 0.717) is 35.6 Å². The van der Waals surface area contributed by atoms with E-state index in [1.807, 2.05) is 31.4 Å². The fraction of sp³-hybridized carbons (Fsp3) is 0.259. The molecule has 186 valence electrons. The number of hydrogen-bond acceptors (Lipinski definition) is 6. The van der Waals surface area contributed by atoms with Gasteiger partial charge in [0, 0.05) is 37.0 Å². The molecule has 0 saturated heterocycles. The van der Waals surface area contributed by atoms with Crippen molar-refractivity contribution < 1.29 is 13.9 Å². The molecule has 1 atom stereocenters. The monoisotopic (exact) mass is 497 g/mol. The van der Waals surface area contributed by atoms with Crippen LogP contribution in [0.15, 0.2) is 55.2 Å². The third-order valence-electron chi connectivity index (χ3n) is 7.29. The van der Waals surface area contributed by atoms with Crippen LogP contribution in [0.4, 0.5) is 10.2 Å². The summed E-state index contributed by atoms with van der Waals surface area (Å²) in [6.45, 7) is 0.873. The van der Waals surface area contributed by atoms with Crippen LogP contribution in [-0.2, 0) is 7.05 Å². The molecule has 1 saturated carbocycles. The van der Waals surface area contributed by atoms with Gasteiger partial charge in [-0.25, -0.2) is 14.4 Å². The smallest absolute Gasteiger partial charge is 0.257 e. The topological polar surface area (TPSA) is 104 Å². The Morgan fingerprint density at radius 2 is 2.05 bits per heavy atom. The van der Waals surface area contributed by atoms with Crippen LogP contribution in [0, 0.1) is 11.7 Å². The molecule has 0 spiro atoms. The molecule has 0 radical (unpaired) electrons. The fourth-order valence-corrected chi connectivity index (χ4v) is 5.15. The summed E-state index contributed by atoms with van der Waals surface area (Å²) in [7, 11) is 1.87. The number of nitrogen functional groups attached to an aromatic ring is 1. The van der Waals surface area contributed by atoms with Crippen molar-refractivity contribution in [1.29, 1.82) is 0 Å². The summed E-state index contributed by atoms with van der Waals surface area (Å²) in [4.78, 5) is 24.2. The molecule has 3 aromatic heterocycles. The third-order valence-corrected chi connectivity index (χ3v) is 7.29. The highest BCUT2D eigenvalue weighted by Crippen LogP contribution is 2.42. The van der Waals surface area contributed by atoms with Gasteiger partial charge in [0.05, 0.1) is 41.4 Å². The zero-order valence-corrected chi connectivity index (χ0v) is 20.1. The van der Waals surface area contributed by atoms with Crippen molar-refractivity contribution in [2.75, 3.05) is 18.9 Å². The van der Waals surface area contributed by atoms with Gasteiger partial charge >= 0.3 is 0 Å². The van der Waals surface area contributed by atoms with Crippen LogP contribution in [0.2, 0.25) is 0 Å². The van der Waals surface area contributed by atoms with Crippen molar-refractivity contribution >= 4 is 28.3 Å². The molecule has 1 aliphatic heterocycles. The number of hydrogen-bond donors (Lipinski definition) is 1. The van der Waals surface area contributed by atoms with E-state index in [9.17, 15) is 4.79 Å². The molecular formula is C27H24FN7O2. The lowest BCUT2D eigenvalue weighted by Gasteiger charge is -2.29. The Labute approximate surface area is 211 Å². The first-order valence-corrected chi connectivity index (χ1v) is 12.2. The Kier molecular flexibility index (Phi) is 4.72. The number of nitrogens with zero attached hydrogens (tertiary/aromatic N) is 6. The second-order valence-corrected chi connectivity index (χ2v) is 9.85. The minimum Gasteiger partial charge on any atom is -0.491 e. The van der Waals surface area contributed by atoms with Crippen LogP contribution in [0.5, 0.6) is 5.75 Å². The summed E-state index contributed by atoms with van der Waals surface area (Å²) in [6, 6.07) is 8.51. The Hall–Kier alpha value is -4.47. The first kappa shape index (κ1) is 21.8. The van der Waals surface area contributed by atoms with Crippen molar-refractivity contribution in [3.8, 4) is 16.9 Å². The van der Waals surface area contributed by atoms with Crippen LogP contribution in [-0.4, -0.2) is 48.1 Å². The van der Waals surface area contributed by atoms with Gasteiger partial charge in [0.2, 0.25) is 0 Å². The predicted octanol–water partition coefficient (Wildman–Crippen LogP) is 3.99. The number of carbonyl (C=O) groups excluding carboxylic acids is 1. The van der Waals surface area contributed by atoms with E-state index >= 15 is 4.39 Å². The van der Waals surface area contributed by atoms with Crippen molar-refractivity contribution in [3.63, 3.8) is 0 Å². The Morgan fingerprint density at radius 1 is 1.19 bits per heavy atom. The molecule has 2 aliphatic rings. The molecule has 1 amide bonds. The van der Waals surface area contributed by atoms with Gasteiger partial charge in [-0.15, -0.1) is 0 Å². The maximum Gasteiger partial charge on any atom is 0.257 e. The SMILES string of the molecule is Cn1cc(-c2ccc3c(c2)OCC3N(CC2CC2)C(=O)c2cc3c(cc2F)nc(N)c2cncn23)cn1. The summed E-state index contributed by atoms with van der Waals surface area (Å²) in [5.74, 6) is 0.404. The van der Waals surface area contributed by atoms with E-state index in [4.69, 9.17) is 10.5 Å². The van der Waals surface area contributed by atoms with E-state index < -0.39 is 5.82 Å². The Morgan fingerprint density at radius 3 is 2.84 bits per heavy atom. The van der Waals surface area contributed by atoms with E-state index in [0.717, 1.165) is 35.3 Å². The number of benzene rings is 2. The number of halogens is 1. The molecule has 1 fully saturated rings. The molecule has 0 bridgehead atoms. The van der Waals surface area contributed by atoms with Crippen LogP contribution in [0.3, 0.4) is 0 Å². The highest BCUT2D eigenvalue weighted by atomic mass is 19.1. The van der Waals surface area contributed by atoms with Gasteiger partial charge in [-0.2, -0.15) is 5.10 Å². The molecular weight excluding hydrogens is 473 g/mol. The van der Waals surface area contributed by atoms with Crippen LogP contribution >= 0.6 is 0 Å². The van der Waals surface area contributed by atoms with E-state index in [1.165, 1.54) is 6.07 Å². The van der Waals surface area contributed by atoms with Gasteiger partial charge in [-0.3, -0.25) is 13.9 Å². The van der Waals surface area contributed by atoms with E-state index in [1.54, 1.807) is 38.8 Å². The van der Waals surface area contributed by atoms with Gasteiger partial charge in [0.1, 0.15) is 29.5 Å². The molecule has 5 aromatic rings. The summed E-state index contributed by atoms with van der Waals surface area (Å²) >= 11 is 0. The number of aryl methyl sites for hydroxylation is 1. The molecule has 1 unspecified atom stereocenters. The number of amides is 1. The average Bonchev–Trinajstić information content (AvgIpc) is 3.24. The number of nitrogens with two attached hydrogens (primary N) is 1. The second-order valence-electron chi connectivity index (χ2n) is 9.85. The Bertz CT molecular complexity index is 1700.